The van der Waals surface area contributed by atoms with Crippen molar-refractivity contribution in [3.63, 3.8) is 0 Å². The van der Waals surface area contributed by atoms with Gasteiger partial charge in [-0.25, -0.2) is 4.39 Å². The average molecular weight is 277 g/mol. The van der Waals surface area contributed by atoms with Gasteiger partial charge in [-0.15, -0.1) is 0 Å². The number of ether oxygens (including phenoxy) is 3. The molecule has 0 spiro atoms. The first-order valence-electron chi connectivity index (χ1n) is 4.48. The molecule has 82 valence electrons. The van der Waals surface area contributed by atoms with Crippen molar-refractivity contribution in [1.29, 1.82) is 0 Å². The van der Waals surface area contributed by atoms with Crippen LogP contribution in [0.1, 0.15) is 11.9 Å². The molecule has 1 aromatic rings. The van der Waals surface area contributed by atoms with Crippen molar-refractivity contribution >= 4 is 15.9 Å². The molecule has 2 rings (SSSR count). The van der Waals surface area contributed by atoms with Crippen LogP contribution in [-0.2, 0) is 9.47 Å². The van der Waals surface area contributed by atoms with E-state index in [2.05, 4.69) is 15.9 Å². The summed E-state index contributed by atoms with van der Waals surface area (Å²) in [4.78, 5) is 0. The Bertz CT molecular complexity index is 364. The fraction of sp³-hybridized carbons (Fsp3) is 0.400. The van der Waals surface area contributed by atoms with E-state index in [1.54, 1.807) is 6.07 Å². The Balaban J connectivity index is 2.35. The van der Waals surface area contributed by atoms with Gasteiger partial charge in [0.15, 0.2) is 6.29 Å². The summed E-state index contributed by atoms with van der Waals surface area (Å²) in [7, 11) is 1.49. The van der Waals surface area contributed by atoms with Crippen LogP contribution in [0.25, 0.3) is 0 Å². The highest BCUT2D eigenvalue weighted by atomic mass is 79.9. The molecule has 0 saturated carbocycles. The van der Waals surface area contributed by atoms with Gasteiger partial charge in [0.2, 0.25) is 0 Å². The van der Waals surface area contributed by atoms with Gasteiger partial charge in [-0.2, -0.15) is 0 Å². The molecule has 5 heteroatoms. The molecule has 1 fully saturated rings. The fourth-order valence-corrected chi connectivity index (χ4v) is 1.94. The summed E-state index contributed by atoms with van der Waals surface area (Å²) in [6.45, 7) is 0.988. The normalized spacial score (nSPS) is 17.0. The molecule has 0 aromatic heterocycles. The van der Waals surface area contributed by atoms with Crippen LogP contribution < -0.4 is 4.74 Å². The Hall–Kier alpha value is -0.650. The van der Waals surface area contributed by atoms with Crippen LogP contribution in [0.5, 0.6) is 5.75 Å². The van der Waals surface area contributed by atoms with Crippen LogP contribution in [0.2, 0.25) is 0 Å². The van der Waals surface area contributed by atoms with Crippen molar-refractivity contribution < 1.29 is 18.6 Å². The highest BCUT2D eigenvalue weighted by Gasteiger charge is 2.23. The SMILES string of the molecule is COc1cc(F)c(C2OCCO2)cc1Br. The summed E-state index contributed by atoms with van der Waals surface area (Å²) in [6.07, 6.45) is -0.604. The van der Waals surface area contributed by atoms with E-state index in [-0.39, 0.29) is 5.82 Å². The number of benzene rings is 1. The van der Waals surface area contributed by atoms with E-state index in [9.17, 15) is 4.39 Å². The van der Waals surface area contributed by atoms with Crippen LogP contribution in [0.15, 0.2) is 16.6 Å². The van der Waals surface area contributed by atoms with Crippen LogP contribution >= 0.6 is 15.9 Å². The second-order valence-electron chi connectivity index (χ2n) is 3.08. The molecule has 15 heavy (non-hydrogen) atoms. The van der Waals surface area contributed by atoms with Crippen LogP contribution in [0, 0.1) is 5.82 Å². The van der Waals surface area contributed by atoms with E-state index in [4.69, 9.17) is 14.2 Å². The molecule has 0 amide bonds. The number of halogens is 2. The molecule has 1 saturated heterocycles. The largest absolute Gasteiger partial charge is 0.495 e. The van der Waals surface area contributed by atoms with E-state index in [1.807, 2.05) is 0 Å². The van der Waals surface area contributed by atoms with Crippen LogP contribution in [0.4, 0.5) is 4.39 Å². The fourth-order valence-electron chi connectivity index (χ4n) is 1.42. The van der Waals surface area contributed by atoms with Crippen molar-refractivity contribution in [3.8, 4) is 5.75 Å². The third-order valence-electron chi connectivity index (χ3n) is 2.15. The van der Waals surface area contributed by atoms with Crippen LogP contribution in [0.3, 0.4) is 0 Å². The number of rotatable bonds is 2. The van der Waals surface area contributed by atoms with Crippen molar-refractivity contribution in [2.45, 2.75) is 6.29 Å². The molecule has 1 aliphatic rings. The van der Waals surface area contributed by atoms with Gasteiger partial charge in [0.1, 0.15) is 11.6 Å². The standard InChI is InChI=1S/C10H10BrFO3/c1-13-9-5-8(12)6(4-7(9)11)10-14-2-3-15-10/h4-5,10H,2-3H2,1H3. The summed E-state index contributed by atoms with van der Waals surface area (Å²) in [5.74, 6) is 0.0659. The highest BCUT2D eigenvalue weighted by Crippen LogP contribution is 2.33. The smallest absolute Gasteiger partial charge is 0.186 e. The van der Waals surface area contributed by atoms with Gasteiger partial charge in [0.05, 0.1) is 24.8 Å². The Morgan fingerprint density at radius 2 is 2.07 bits per heavy atom. The molecule has 0 N–H and O–H groups in total. The summed E-state index contributed by atoms with van der Waals surface area (Å²) in [5.41, 5.74) is 0.389. The molecule has 0 unspecified atom stereocenters. The molecule has 0 aliphatic carbocycles. The first-order valence-corrected chi connectivity index (χ1v) is 5.28. The molecule has 1 aliphatic heterocycles. The molecule has 0 bridgehead atoms. The lowest BCUT2D eigenvalue weighted by Gasteiger charge is -2.12. The second-order valence-corrected chi connectivity index (χ2v) is 3.94. The second kappa shape index (κ2) is 4.47. The van der Waals surface area contributed by atoms with E-state index in [1.165, 1.54) is 13.2 Å². The van der Waals surface area contributed by atoms with E-state index >= 15 is 0 Å². The highest BCUT2D eigenvalue weighted by molar-refractivity contribution is 9.10. The van der Waals surface area contributed by atoms with Crippen molar-refractivity contribution in [1.82, 2.24) is 0 Å². The predicted molar refractivity (Wildman–Crippen MR) is 55.3 cm³/mol. The van der Waals surface area contributed by atoms with Gasteiger partial charge in [-0.1, -0.05) is 0 Å². The zero-order valence-corrected chi connectivity index (χ0v) is 9.71. The van der Waals surface area contributed by atoms with Gasteiger partial charge >= 0.3 is 0 Å². The number of hydrogen-bond acceptors (Lipinski definition) is 3. The molecule has 1 heterocycles. The van der Waals surface area contributed by atoms with Crippen LogP contribution in [-0.4, -0.2) is 20.3 Å². The third-order valence-corrected chi connectivity index (χ3v) is 2.77. The predicted octanol–water partition coefficient (Wildman–Crippen LogP) is 2.64. The molecule has 0 radical (unpaired) electrons. The van der Waals surface area contributed by atoms with Gasteiger partial charge in [0, 0.05) is 11.6 Å². The van der Waals surface area contributed by atoms with Crippen molar-refractivity contribution in [2.24, 2.45) is 0 Å². The van der Waals surface area contributed by atoms with E-state index in [0.717, 1.165) is 0 Å². The maximum absolute atomic E-state index is 13.6. The lowest BCUT2D eigenvalue weighted by molar-refractivity contribution is -0.0465. The van der Waals surface area contributed by atoms with E-state index in [0.29, 0.717) is 29.0 Å². The van der Waals surface area contributed by atoms with Crippen molar-refractivity contribution in [2.75, 3.05) is 20.3 Å². The zero-order valence-electron chi connectivity index (χ0n) is 8.13. The molecular formula is C10H10BrFO3. The van der Waals surface area contributed by atoms with Gasteiger partial charge in [-0.3, -0.25) is 0 Å². The average Bonchev–Trinajstić information content (AvgIpc) is 2.74. The minimum absolute atomic E-state index is 0.387. The monoisotopic (exact) mass is 276 g/mol. The first-order chi connectivity index (χ1) is 7.22. The maximum atomic E-state index is 13.6. The first kappa shape index (κ1) is 10.9. The minimum Gasteiger partial charge on any atom is -0.495 e. The summed E-state index contributed by atoms with van der Waals surface area (Å²) >= 11 is 3.29. The maximum Gasteiger partial charge on any atom is 0.186 e. The quantitative estimate of drug-likeness (QED) is 0.831. The zero-order chi connectivity index (χ0) is 10.8. The molecular weight excluding hydrogens is 267 g/mol. The Labute approximate surface area is 95.3 Å². The summed E-state index contributed by atoms with van der Waals surface area (Å²) in [6, 6.07) is 2.93. The van der Waals surface area contributed by atoms with Gasteiger partial charge in [0.25, 0.3) is 0 Å². The molecule has 0 atom stereocenters. The lowest BCUT2D eigenvalue weighted by Crippen LogP contribution is -2.02. The Morgan fingerprint density at radius 3 is 2.67 bits per heavy atom. The van der Waals surface area contributed by atoms with Crippen molar-refractivity contribution in [3.05, 3.63) is 28.0 Å². The Kier molecular flexibility index (Phi) is 3.23. The molecule has 3 nitrogen and oxygen atoms in total. The molecule has 1 aromatic carbocycles. The minimum atomic E-state index is -0.604. The van der Waals surface area contributed by atoms with Gasteiger partial charge < -0.3 is 14.2 Å². The summed E-state index contributed by atoms with van der Waals surface area (Å²) < 4.78 is 29.7. The number of hydrogen-bond donors (Lipinski definition) is 0. The number of methoxy groups -OCH3 is 1. The summed E-state index contributed by atoms with van der Waals surface area (Å²) in [5, 5.41) is 0. The van der Waals surface area contributed by atoms with Gasteiger partial charge in [-0.05, 0) is 22.0 Å². The topological polar surface area (TPSA) is 27.7 Å². The third kappa shape index (κ3) is 2.14. The lowest BCUT2D eigenvalue weighted by atomic mass is 10.2. The Morgan fingerprint density at radius 1 is 1.40 bits per heavy atom. The van der Waals surface area contributed by atoms with E-state index < -0.39 is 6.29 Å².